The molecular formula is C37H28ClN3O3S. The van der Waals surface area contributed by atoms with E-state index < -0.39 is 0 Å². The fourth-order valence-electron chi connectivity index (χ4n) is 6.06. The van der Waals surface area contributed by atoms with Crippen molar-refractivity contribution in [2.24, 2.45) is 4.99 Å². The third-order valence-electron chi connectivity index (χ3n) is 8.16. The molecule has 8 heteroatoms. The second kappa shape index (κ2) is 12.2. The maximum atomic E-state index is 14.2. The molecule has 0 spiro atoms. The SMILES string of the molecule is CCOc1cc(C=c2sc3n(c2=O)[C@H](c2ccccc2Cl)C2=C(N=3)c3ccccc3CC2)ccc1OCc1ccccc1C#N. The first-order valence-electron chi connectivity index (χ1n) is 14.8. The standard InChI is InChI=1S/C37H28ClN3O3S/c1-2-43-32-19-23(15-18-31(32)44-22-26-11-4-3-10-25(26)21-39)20-33-36(42)41-35(28-13-7-8-14-30(28)38)29-17-16-24-9-5-6-12-27(24)34(29)40-37(41)45-33/h3-15,18-20,35H,2,16-17,22H2,1H3/t35-/m1/s1. The van der Waals surface area contributed by atoms with Crippen LogP contribution in [0.5, 0.6) is 11.5 Å². The minimum atomic E-state index is -0.341. The summed E-state index contributed by atoms with van der Waals surface area (Å²) in [7, 11) is 0. The third-order valence-corrected chi connectivity index (χ3v) is 9.49. The van der Waals surface area contributed by atoms with Crippen LogP contribution in [0.3, 0.4) is 0 Å². The van der Waals surface area contributed by atoms with Gasteiger partial charge in [-0.3, -0.25) is 9.36 Å². The Hall–Kier alpha value is -4.90. The molecule has 5 aromatic rings. The molecule has 0 N–H and O–H groups in total. The average molecular weight is 630 g/mol. The van der Waals surface area contributed by atoms with Crippen LogP contribution in [0.2, 0.25) is 5.02 Å². The molecule has 7 rings (SSSR count). The van der Waals surface area contributed by atoms with Gasteiger partial charge in [-0.05, 0) is 72.4 Å². The zero-order valence-electron chi connectivity index (χ0n) is 24.5. The van der Waals surface area contributed by atoms with E-state index in [0.717, 1.165) is 46.4 Å². The number of allylic oxidation sites excluding steroid dienone is 1. The Morgan fingerprint density at radius 1 is 1.00 bits per heavy atom. The second-order valence-corrected chi connectivity index (χ2v) is 12.2. The van der Waals surface area contributed by atoms with Crippen molar-refractivity contribution in [1.82, 2.24) is 4.57 Å². The lowest BCUT2D eigenvalue weighted by molar-refractivity contribution is 0.269. The number of benzene rings is 4. The summed E-state index contributed by atoms with van der Waals surface area (Å²) in [6.45, 7) is 2.59. The van der Waals surface area contributed by atoms with Gasteiger partial charge in [-0.25, -0.2) is 4.99 Å². The first-order valence-corrected chi connectivity index (χ1v) is 16.0. The quantitative estimate of drug-likeness (QED) is 0.198. The number of rotatable bonds is 7. The number of nitriles is 1. The van der Waals surface area contributed by atoms with Gasteiger partial charge >= 0.3 is 0 Å². The van der Waals surface area contributed by atoms with Crippen LogP contribution in [0.4, 0.5) is 0 Å². The monoisotopic (exact) mass is 629 g/mol. The molecule has 0 radical (unpaired) electrons. The lowest BCUT2D eigenvalue weighted by atomic mass is 9.83. The van der Waals surface area contributed by atoms with Gasteiger partial charge < -0.3 is 9.47 Å². The average Bonchev–Trinajstić information content (AvgIpc) is 3.37. The van der Waals surface area contributed by atoms with Crippen LogP contribution in [0.25, 0.3) is 11.8 Å². The van der Waals surface area contributed by atoms with Crippen LogP contribution in [-0.4, -0.2) is 11.2 Å². The Kier molecular flexibility index (Phi) is 7.85. The second-order valence-electron chi connectivity index (χ2n) is 10.8. The van der Waals surface area contributed by atoms with Crippen molar-refractivity contribution in [3.8, 4) is 17.6 Å². The summed E-state index contributed by atoms with van der Waals surface area (Å²) in [4.78, 5) is 19.9. The lowest BCUT2D eigenvalue weighted by Crippen LogP contribution is -2.38. The molecule has 0 bridgehead atoms. The largest absolute Gasteiger partial charge is 0.490 e. The van der Waals surface area contributed by atoms with E-state index in [0.29, 0.717) is 38.0 Å². The maximum absolute atomic E-state index is 14.2. The molecule has 0 saturated carbocycles. The van der Waals surface area contributed by atoms with Gasteiger partial charge in [0, 0.05) is 16.1 Å². The van der Waals surface area contributed by atoms with Crippen molar-refractivity contribution in [3.63, 3.8) is 0 Å². The van der Waals surface area contributed by atoms with E-state index in [2.05, 4.69) is 24.3 Å². The van der Waals surface area contributed by atoms with Crippen LogP contribution in [0.15, 0.2) is 106 Å². The minimum Gasteiger partial charge on any atom is -0.490 e. The number of aromatic nitrogens is 1. The number of hydrogen-bond acceptors (Lipinski definition) is 6. The fourth-order valence-corrected chi connectivity index (χ4v) is 7.30. The fraction of sp³-hybridized carbons (Fsp3) is 0.162. The molecule has 45 heavy (non-hydrogen) atoms. The predicted molar refractivity (Wildman–Crippen MR) is 177 cm³/mol. The maximum Gasteiger partial charge on any atom is 0.271 e. The molecule has 0 fully saturated rings. The summed E-state index contributed by atoms with van der Waals surface area (Å²) in [6, 6.07) is 31.0. The van der Waals surface area contributed by atoms with Gasteiger partial charge in [0.1, 0.15) is 6.61 Å². The Bertz CT molecular complexity index is 2210. The number of thiazole rings is 1. The van der Waals surface area contributed by atoms with Gasteiger partial charge in [-0.15, -0.1) is 0 Å². The smallest absolute Gasteiger partial charge is 0.271 e. The number of hydrogen-bond donors (Lipinski definition) is 0. The highest BCUT2D eigenvalue weighted by Gasteiger charge is 2.33. The van der Waals surface area contributed by atoms with E-state index in [1.807, 2.05) is 79.7 Å². The van der Waals surface area contributed by atoms with Crippen LogP contribution in [0, 0.1) is 11.3 Å². The summed E-state index contributed by atoms with van der Waals surface area (Å²) < 4.78 is 14.4. The van der Waals surface area contributed by atoms with Crippen molar-refractivity contribution in [1.29, 1.82) is 5.26 Å². The molecule has 0 unspecified atom stereocenters. The minimum absolute atomic E-state index is 0.111. The highest BCUT2D eigenvalue weighted by molar-refractivity contribution is 7.07. The number of nitrogens with zero attached hydrogens (tertiary/aromatic N) is 3. The number of halogens is 1. The van der Waals surface area contributed by atoms with E-state index in [-0.39, 0.29) is 18.2 Å². The van der Waals surface area contributed by atoms with Gasteiger partial charge in [0.2, 0.25) is 0 Å². The van der Waals surface area contributed by atoms with Gasteiger partial charge in [-0.1, -0.05) is 89.7 Å². The highest BCUT2D eigenvalue weighted by Crippen LogP contribution is 2.42. The molecule has 0 amide bonds. The molecule has 2 aliphatic rings. The third kappa shape index (κ3) is 5.37. The Balaban J connectivity index is 1.31. The molecule has 1 atom stereocenters. The molecule has 6 nitrogen and oxygen atoms in total. The van der Waals surface area contributed by atoms with E-state index in [4.69, 9.17) is 26.1 Å². The lowest BCUT2D eigenvalue weighted by Gasteiger charge is -2.31. The number of ether oxygens (including phenoxy) is 2. The van der Waals surface area contributed by atoms with Crippen molar-refractivity contribution < 1.29 is 9.47 Å². The summed E-state index contributed by atoms with van der Waals surface area (Å²) in [5.74, 6) is 1.13. The molecule has 222 valence electrons. The highest BCUT2D eigenvalue weighted by atomic mass is 35.5. The molecule has 2 heterocycles. The van der Waals surface area contributed by atoms with Crippen molar-refractivity contribution in [3.05, 3.63) is 155 Å². The van der Waals surface area contributed by atoms with Crippen LogP contribution in [0.1, 0.15) is 52.8 Å². The van der Waals surface area contributed by atoms with Gasteiger partial charge in [-0.2, -0.15) is 5.26 Å². The number of fused-ring (bicyclic) bond motifs is 3. The Morgan fingerprint density at radius 3 is 2.64 bits per heavy atom. The molecule has 0 saturated heterocycles. The van der Waals surface area contributed by atoms with Gasteiger partial charge in [0.05, 0.1) is 34.5 Å². The zero-order chi connectivity index (χ0) is 30.9. The zero-order valence-corrected chi connectivity index (χ0v) is 26.1. The van der Waals surface area contributed by atoms with Gasteiger partial charge in [0.25, 0.3) is 5.56 Å². The van der Waals surface area contributed by atoms with Crippen molar-refractivity contribution in [2.75, 3.05) is 6.61 Å². The van der Waals surface area contributed by atoms with E-state index >= 15 is 0 Å². The molecule has 1 aliphatic heterocycles. The van der Waals surface area contributed by atoms with E-state index in [1.165, 1.54) is 16.9 Å². The summed E-state index contributed by atoms with van der Waals surface area (Å²) >= 11 is 8.15. The van der Waals surface area contributed by atoms with Crippen molar-refractivity contribution in [2.45, 2.75) is 32.4 Å². The van der Waals surface area contributed by atoms with Crippen molar-refractivity contribution >= 4 is 34.7 Å². The Morgan fingerprint density at radius 2 is 1.80 bits per heavy atom. The number of aryl methyl sites for hydroxylation is 1. The van der Waals surface area contributed by atoms with E-state index in [1.54, 1.807) is 10.6 Å². The summed E-state index contributed by atoms with van der Waals surface area (Å²) in [5.41, 5.74) is 7.38. The van der Waals surface area contributed by atoms with Gasteiger partial charge in [0.15, 0.2) is 16.3 Å². The first-order chi connectivity index (χ1) is 22.1. The molecule has 1 aromatic heterocycles. The van der Waals surface area contributed by atoms with Crippen LogP contribution < -0.4 is 24.4 Å². The topological polar surface area (TPSA) is 76.6 Å². The summed E-state index contributed by atoms with van der Waals surface area (Å²) in [5, 5.41) is 10.1. The molecule has 4 aromatic carbocycles. The summed E-state index contributed by atoms with van der Waals surface area (Å²) in [6.07, 6.45) is 3.56. The molecular weight excluding hydrogens is 602 g/mol. The van der Waals surface area contributed by atoms with Crippen LogP contribution in [-0.2, 0) is 13.0 Å². The normalized spacial score (nSPS) is 15.4. The van der Waals surface area contributed by atoms with E-state index in [9.17, 15) is 10.1 Å². The molecule has 1 aliphatic carbocycles. The Labute approximate surface area is 269 Å². The first kappa shape index (κ1) is 28.8. The predicted octanol–water partition coefficient (Wildman–Crippen LogP) is 6.82. The van der Waals surface area contributed by atoms with Crippen LogP contribution >= 0.6 is 22.9 Å².